The predicted molar refractivity (Wildman–Crippen MR) is 91.9 cm³/mol. The molecule has 2 aromatic heterocycles. The molecule has 0 aliphatic carbocycles. The number of thiazole rings is 1. The smallest absolute Gasteiger partial charge is 0.229 e. The molecule has 0 unspecified atom stereocenters. The Hall–Kier alpha value is -2.67. The van der Waals surface area contributed by atoms with Crippen LogP contribution in [0.25, 0.3) is 11.3 Å². The molecule has 0 spiro atoms. The number of rotatable bonds is 3. The first-order valence-corrected chi connectivity index (χ1v) is 8.62. The molecule has 3 aromatic rings. The van der Waals surface area contributed by atoms with Crippen LogP contribution < -0.4 is 5.32 Å². The second kappa shape index (κ2) is 6.09. The van der Waals surface area contributed by atoms with E-state index in [-0.39, 0.29) is 17.6 Å². The van der Waals surface area contributed by atoms with Gasteiger partial charge in [0.05, 0.1) is 12.0 Å². The molecule has 1 aliphatic heterocycles. The minimum absolute atomic E-state index is 0.000686. The summed E-state index contributed by atoms with van der Waals surface area (Å²) in [5.74, 6) is 0.145. The van der Waals surface area contributed by atoms with Gasteiger partial charge in [0, 0.05) is 41.7 Å². The summed E-state index contributed by atoms with van der Waals surface area (Å²) in [6.45, 7) is 0.819. The second-order valence-electron chi connectivity index (χ2n) is 5.85. The molecule has 7 heteroatoms. The van der Waals surface area contributed by atoms with Gasteiger partial charge in [-0.25, -0.2) is 9.97 Å². The molecule has 0 radical (unpaired) electrons. The molecule has 1 aromatic carbocycles. The Labute approximate surface area is 142 Å². The highest BCUT2D eigenvalue weighted by Gasteiger charge is 2.25. The highest BCUT2D eigenvalue weighted by molar-refractivity contribution is 7.14. The van der Waals surface area contributed by atoms with Crippen molar-refractivity contribution in [3.05, 3.63) is 47.9 Å². The van der Waals surface area contributed by atoms with Crippen molar-refractivity contribution >= 4 is 22.4 Å². The van der Waals surface area contributed by atoms with Crippen LogP contribution in [0.4, 0.5) is 5.13 Å². The van der Waals surface area contributed by atoms with Gasteiger partial charge in [-0.3, -0.25) is 4.79 Å². The van der Waals surface area contributed by atoms with E-state index in [1.807, 2.05) is 24.0 Å². The first-order chi connectivity index (χ1) is 11.7. The van der Waals surface area contributed by atoms with Crippen LogP contribution in [-0.2, 0) is 17.8 Å². The monoisotopic (exact) mass is 340 g/mol. The number of nitrogens with one attached hydrogen (secondary N) is 1. The molecule has 4 rings (SSSR count). The summed E-state index contributed by atoms with van der Waals surface area (Å²) in [6, 6.07) is 6.92. The fraction of sp³-hybridized carbons (Fsp3) is 0.235. The fourth-order valence-electron chi connectivity index (χ4n) is 2.93. The fourth-order valence-corrected chi connectivity index (χ4v) is 3.65. The van der Waals surface area contributed by atoms with Crippen LogP contribution in [-0.4, -0.2) is 25.5 Å². The number of aromatic nitrogens is 3. The zero-order valence-corrected chi connectivity index (χ0v) is 13.7. The highest BCUT2D eigenvalue weighted by Crippen LogP contribution is 2.28. The van der Waals surface area contributed by atoms with Crippen LogP contribution in [0.1, 0.15) is 12.1 Å². The van der Waals surface area contributed by atoms with Crippen LogP contribution in [0.2, 0.25) is 0 Å². The lowest BCUT2D eigenvalue weighted by Gasteiger charge is -2.22. The minimum atomic E-state index is -0.0534. The number of nitrogens with zero attached hydrogens (tertiary/aromatic N) is 3. The number of aromatic hydroxyl groups is 1. The number of hydrogen-bond acceptors (Lipinski definition) is 5. The number of carbonyl (C=O) groups is 1. The van der Waals surface area contributed by atoms with Gasteiger partial charge in [0.25, 0.3) is 0 Å². The number of benzene rings is 1. The van der Waals surface area contributed by atoms with E-state index < -0.39 is 0 Å². The maximum atomic E-state index is 12.5. The van der Waals surface area contributed by atoms with Crippen LogP contribution >= 0.6 is 11.3 Å². The van der Waals surface area contributed by atoms with E-state index in [9.17, 15) is 9.90 Å². The Balaban J connectivity index is 1.45. The molecule has 24 heavy (non-hydrogen) atoms. The van der Waals surface area contributed by atoms with E-state index in [2.05, 4.69) is 19.9 Å². The third-order valence-electron chi connectivity index (χ3n) is 4.22. The number of fused-ring (bicyclic) bond motifs is 1. The maximum absolute atomic E-state index is 12.5. The van der Waals surface area contributed by atoms with E-state index in [1.54, 1.807) is 18.2 Å². The van der Waals surface area contributed by atoms with Gasteiger partial charge in [-0.2, -0.15) is 0 Å². The Morgan fingerprint density at radius 3 is 3.21 bits per heavy atom. The number of phenolic OH excluding ortho intramolecular Hbond substituents is 1. The van der Waals surface area contributed by atoms with Gasteiger partial charge < -0.3 is 15.0 Å². The van der Waals surface area contributed by atoms with E-state index in [4.69, 9.17) is 0 Å². The predicted octanol–water partition coefficient (Wildman–Crippen LogP) is 2.91. The largest absolute Gasteiger partial charge is 0.508 e. The Bertz CT molecular complexity index is 886. The van der Waals surface area contributed by atoms with Crippen molar-refractivity contribution in [3.8, 4) is 17.0 Å². The molecule has 2 N–H and O–H groups in total. The average Bonchev–Trinajstić information content (AvgIpc) is 3.23. The molecule has 1 aliphatic rings. The molecule has 0 saturated carbocycles. The van der Waals surface area contributed by atoms with Gasteiger partial charge in [-0.05, 0) is 18.6 Å². The SMILES string of the molecule is O=C(Nc1nc(-c2cccc(O)c2)cs1)[C@@H]1CCn2cncc2C1. The van der Waals surface area contributed by atoms with Crippen LogP contribution in [0, 0.1) is 5.92 Å². The molecule has 1 atom stereocenters. The molecule has 122 valence electrons. The second-order valence-corrected chi connectivity index (χ2v) is 6.70. The zero-order valence-electron chi connectivity index (χ0n) is 12.8. The van der Waals surface area contributed by atoms with E-state index >= 15 is 0 Å². The van der Waals surface area contributed by atoms with E-state index in [0.717, 1.165) is 29.9 Å². The maximum Gasteiger partial charge on any atom is 0.229 e. The van der Waals surface area contributed by atoms with Crippen molar-refractivity contribution in [2.45, 2.75) is 19.4 Å². The molecule has 3 heterocycles. The quantitative estimate of drug-likeness (QED) is 0.768. The normalized spacial score (nSPS) is 16.6. The topological polar surface area (TPSA) is 80.0 Å². The third kappa shape index (κ3) is 2.90. The van der Waals surface area contributed by atoms with Crippen molar-refractivity contribution in [2.24, 2.45) is 5.92 Å². The number of amides is 1. The van der Waals surface area contributed by atoms with Crippen molar-refractivity contribution in [1.82, 2.24) is 14.5 Å². The van der Waals surface area contributed by atoms with Gasteiger partial charge in [-0.15, -0.1) is 11.3 Å². The van der Waals surface area contributed by atoms with Gasteiger partial charge >= 0.3 is 0 Å². The van der Waals surface area contributed by atoms with E-state index in [1.165, 1.54) is 11.3 Å². The summed E-state index contributed by atoms with van der Waals surface area (Å²) in [4.78, 5) is 21.1. The summed E-state index contributed by atoms with van der Waals surface area (Å²) >= 11 is 1.39. The van der Waals surface area contributed by atoms with Crippen molar-refractivity contribution in [1.29, 1.82) is 0 Å². The number of aryl methyl sites for hydroxylation is 1. The third-order valence-corrected chi connectivity index (χ3v) is 4.98. The van der Waals surface area contributed by atoms with Gasteiger partial charge in [0.1, 0.15) is 5.75 Å². The molecule has 6 nitrogen and oxygen atoms in total. The van der Waals surface area contributed by atoms with Gasteiger partial charge in [-0.1, -0.05) is 12.1 Å². The Morgan fingerprint density at radius 1 is 1.42 bits per heavy atom. The zero-order chi connectivity index (χ0) is 16.5. The number of imidazole rings is 1. The first kappa shape index (κ1) is 14.9. The van der Waals surface area contributed by atoms with Crippen molar-refractivity contribution in [2.75, 3.05) is 5.32 Å². The van der Waals surface area contributed by atoms with Gasteiger partial charge in [0.2, 0.25) is 5.91 Å². The van der Waals surface area contributed by atoms with Crippen LogP contribution in [0.3, 0.4) is 0 Å². The highest BCUT2D eigenvalue weighted by atomic mass is 32.1. The summed E-state index contributed by atoms with van der Waals surface area (Å²) in [6.07, 6.45) is 5.14. The molecule has 0 saturated heterocycles. The Kier molecular flexibility index (Phi) is 3.78. The lowest BCUT2D eigenvalue weighted by atomic mass is 9.95. The number of anilines is 1. The molecular weight excluding hydrogens is 324 g/mol. The van der Waals surface area contributed by atoms with Crippen molar-refractivity contribution in [3.63, 3.8) is 0 Å². The molecular formula is C17H16N4O2S. The van der Waals surface area contributed by atoms with Crippen LogP contribution in [0.5, 0.6) is 5.75 Å². The lowest BCUT2D eigenvalue weighted by Crippen LogP contribution is -2.29. The summed E-state index contributed by atoms with van der Waals surface area (Å²) in [5, 5.41) is 14.9. The first-order valence-electron chi connectivity index (χ1n) is 7.74. The molecule has 0 fully saturated rings. The summed E-state index contributed by atoms with van der Waals surface area (Å²) < 4.78 is 2.09. The molecule has 1 amide bonds. The van der Waals surface area contributed by atoms with Crippen LogP contribution in [0.15, 0.2) is 42.2 Å². The van der Waals surface area contributed by atoms with Crippen molar-refractivity contribution < 1.29 is 9.90 Å². The number of carbonyl (C=O) groups excluding carboxylic acids is 1. The molecule has 0 bridgehead atoms. The van der Waals surface area contributed by atoms with E-state index in [0.29, 0.717) is 11.6 Å². The van der Waals surface area contributed by atoms with Gasteiger partial charge in [0.15, 0.2) is 5.13 Å². The average molecular weight is 340 g/mol. The summed E-state index contributed by atoms with van der Waals surface area (Å²) in [7, 11) is 0. The minimum Gasteiger partial charge on any atom is -0.508 e. The Morgan fingerprint density at radius 2 is 2.33 bits per heavy atom. The number of phenols is 1. The number of hydrogen-bond donors (Lipinski definition) is 2. The summed E-state index contributed by atoms with van der Waals surface area (Å²) in [5.41, 5.74) is 2.67. The lowest BCUT2D eigenvalue weighted by molar-refractivity contribution is -0.120. The standard InChI is InChI=1S/C17H16N4O2S/c22-14-3-1-2-11(7-14)15-9-24-17(19-15)20-16(23)12-4-5-21-10-18-8-13(21)6-12/h1-3,7-10,12,22H,4-6H2,(H,19,20,23)/t12-/m1/s1.